The predicted molar refractivity (Wildman–Crippen MR) is 127 cm³/mol. The monoisotopic (exact) mass is 473 g/mol. The predicted octanol–water partition coefficient (Wildman–Crippen LogP) is 4.40. The molecular formula is C26H23N3O6. The van der Waals surface area contributed by atoms with Crippen LogP contribution < -0.4 is 4.74 Å². The molecule has 0 aliphatic carbocycles. The first kappa shape index (κ1) is 23.6. The Hall–Kier alpha value is -4.53. The number of carbonyl (C=O) groups excluding carboxylic acids is 2. The van der Waals surface area contributed by atoms with Gasteiger partial charge in [-0.3, -0.25) is 24.7 Å². The summed E-state index contributed by atoms with van der Waals surface area (Å²) >= 11 is 0. The van der Waals surface area contributed by atoms with Gasteiger partial charge in [-0.25, -0.2) is 0 Å². The molecular weight excluding hydrogens is 450 g/mol. The van der Waals surface area contributed by atoms with Crippen molar-refractivity contribution in [2.45, 2.75) is 32.5 Å². The molecule has 1 atom stereocenters. The Morgan fingerprint density at radius 2 is 1.80 bits per heavy atom. The number of aliphatic hydroxyl groups is 1. The maximum atomic E-state index is 13.1. The number of aromatic nitrogens is 1. The minimum atomic E-state index is -0.942. The van der Waals surface area contributed by atoms with Gasteiger partial charge in [0.15, 0.2) is 0 Å². The molecule has 9 nitrogen and oxygen atoms in total. The molecule has 1 fully saturated rings. The van der Waals surface area contributed by atoms with Crippen molar-refractivity contribution < 1.29 is 24.4 Å². The van der Waals surface area contributed by atoms with Gasteiger partial charge in [0.05, 0.1) is 22.6 Å². The molecule has 4 rings (SSSR count). The Kier molecular flexibility index (Phi) is 6.59. The van der Waals surface area contributed by atoms with Gasteiger partial charge in [-0.1, -0.05) is 6.07 Å². The number of amides is 1. The van der Waals surface area contributed by atoms with E-state index in [2.05, 4.69) is 4.98 Å². The van der Waals surface area contributed by atoms with Crippen molar-refractivity contribution in [1.82, 2.24) is 9.88 Å². The largest absolute Gasteiger partial charge is 0.507 e. The SMILES string of the molecule is CC(C)Oc1ccc(C(O)=C2C(=O)C(=O)N(Cc3cccnc3)[C@H]2c2ccc([N+](=O)[O-])cc2)cc1. The number of Topliss-reactive ketones (excluding diaryl/α,β-unsaturated/α-hetero) is 1. The van der Waals surface area contributed by atoms with Crippen molar-refractivity contribution in [1.29, 1.82) is 0 Å². The Labute approximate surface area is 201 Å². The molecule has 1 saturated heterocycles. The van der Waals surface area contributed by atoms with Gasteiger partial charge in [-0.15, -0.1) is 0 Å². The highest BCUT2D eigenvalue weighted by atomic mass is 16.6. The Morgan fingerprint density at radius 3 is 2.37 bits per heavy atom. The summed E-state index contributed by atoms with van der Waals surface area (Å²) in [5.74, 6) is -1.35. The van der Waals surface area contributed by atoms with E-state index in [-0.39, 0.29) is 29.7 Å². The van der Waals surface area contributed by atoms with Gasteiger partial charge in [0.25, 0.3) is 17.4 Å². The highest BCUT2D eigenvalue weighted by Gasteiger charge is 2.46. The van der Waals surface area contributed by atoms with Crippen LogP contribution in [0.5, 0.6) is 5.75 Å². The van der Waals surface area contributed by atoms with Crippen LogP contribution in [0.3, 0.4) is 0 Å². The minimum absolute atomic E-state index is 0.0330. The number of ketones is 1. The number of benzene rings is 2. The quantitative estimate of drug-likeness (QED) is 0.177. The number of non-ortho nitro benzene ring substituents is 1. The molecule has 2 aromatic carbocycles. The van der Waals surface area contributed by atoms with E-state index in [4.69, 9.17) is 4.74 Å². The molecule has 0 unspecified atom stereocenters. The first-order valence-corrected chi connectivity index (χ1v) is 10.9. The molecule has 1 aliphatic heterocycles. The van der Waals surface area contributed by atoms with Crippen molar-refractivity contribution >= 4 is 23.1 Å². The van der Waals surface area contributed by atoms with Gasteiger partial charge in [-0.2, -0.15) is 0 Å². The number of hydrogen-bond donors (Lipinski definition) is 1. The van der Waals surface area contributed by atoms with Crippen LogP contribution >= 0.6 is 0 Å². The lowest BCUT2D eigenvalue weighted by molar-refractivity contribution is -0.384. The summed E-state index contributed by atoms with van der Waals surface area (Å²) < 4.78 is 5.63. The number of hydrogen-bond acceptors (Lipinski definition) is 7. The zero-order valence-electron chi connectivity index (χ0n) is 19.1. The topological polar surface area (TPSA) is 123 Å². The lowest BCUT2D eigenvalue weighted by atomic mass is 9.95. The number of rotatable bonds is 7. The van der Waals surface area contributed by atoms with Crippen molar-refractivity contribution in [3.8, 4) is 5.75 Å². The van der Waals surface area contributed by atoms with Gasteiger partial charge >= 0.3 is 0 Å². The van der Waals surface area contributed by atoms with Gasteiger partial charge in [0.1, 0.15) is 11.5 Å². The number of nitro benzene ring substituents is 1. The molecule has 9 heteroatoms. The summed E-state index contributed by atoms with van der Waals surface area (Å²) in [7, 11) is 0. The molecule has 0 radical (unpaired) electrons. The molecule has 0 bridgehead atoms. The number of nitro groups is 1. The van der Waals surface area contributed by atoms with Crippen LogP contribution in [0.25, 0.3) is 5.76 Å². The van der Waals surface area contributed by atoms with Crippen LogP contribution in [0.15, 0.2) is 78.6 Å². The van der Waals surface area contributed by atoms with Crippen LogP contribution in [0.2, 0.25) is 0 Å². The third kappa shape index (κ3) is 4.89. The molecule has 0 spiro atoms. The summed E-state index contributed by atoms with van der Waals surface area (Å²) in [6.07, 6.45) is 3.15. The number of pyridine rings is 1. The Morgan fingerprint density at radius 1 is 1.11 bits per heavy atom. The normalized spacial score (nSPS) is 17.1. The van der Waals surface area contributed by atoms with E-state index in [1.807, 2.05) is 13.8 Å². The number of likely N-dealkylation sites (tertiary alicyclic amines) is 1. The number of nitrogens with zero attached hydrogens (tertiary/aromatic N) is 3. The fraction of sp³-hybridized carbons (Fsp3) is 0.192. The number of carbonyl (C=O) groups is 2. The summed E-state index contributed by atoms with van der Waals surface area (Å²) in [6.45, 7) is 3.85. The number of aliphatic hydroxyl groups excluding tert-OH is 1. The molecule has 1 aromatic heterocycles. The molecule has 2 heterocycles. The summed E-state index contributed by atoms with van der Waals surface area (Å²) in [5.41, 5.74) is 1.27. The van der Waals surface area contributed by atoms with Crippen molar-refractivity contribution in [3.05, 3.63) is 105 Å². The third-order valence-corrected chi connectivity index (χ3v) is 5.53. The lowest BCUT2D eigenvalue weighted by Crippen LogP contribution is -2.29. The summed E-state index contributed by atoms with van der Waals surface area (Å²) in [6, 6.07) is 14.7. The molecule has 1 aliphatic rings. The Bertz CT molecular complexity index is 1280. The van der Waals surface area contributed by atoms with Gasteiger partial charge in [-0.05, 0) is 67.4 Å². The van der Waals surface area contributed by atoms with E-state index in [1.165, 1.54) is 29.2 Å². The first-order chi connectivity index (χ1) is 16.8. The molecule has 3 aromatic rings. The average molecular weight is 473 g/mol. The van der Waals surface area contributed by atoms with E-state index in [0.29, 0.717) is 22.4 Å². The van der Waals surface area contributed by atoms with E-state index in [9.17, 15) is 24.8 Å². The second kappa shape index (κ2) is 9.76. The number of ether oxygens (including phenoxy) is 1. The zero-order valence-corrected chi connectivity index (χ0v) is 19.1. The van der Waals surface area contributed by atoms with Crippen molar-refractivity contribution in [2.24, 2.45) is 0 Å². The fourth-order valence-electron chi connectivity index (χ4n) is 3.98. The highest BCUT2D eigenvalue weighted by Crippen LogP contribution is 2.40. The Balaban J connectivity index is 1.80. The van der Waals surface area contributed by atoms with E-state index >= 15 is 0 Å². The van der Waals surface area contributed by atoms with Gasteiger partial charge in [0, 0.05) is 36.6 Å². The fourth-order valence-corrected chi connectivity index (χ4v) is 3.98. The molecule has 1 amide bonds. The van der Waals surface area contributed by atoms with E-state index in [1.54, 1.807) is 48.8 Å². The highest BCUT2D eigenvalue weighted by molar-refractivity contribution is 6.46. The minimum Gasteiger partial charge on any atom is -0.507 e. The van der Waals surface area contributed by atoms with Crippen LogP contribution in [-0.2, 0) is 16.1 Å². The van der Waals surface area contributed by atoms with Crippen LogP contribution in [0.4, 0.5) is 5.69 Å². The van der Waals surface area contributed by atoms with Crippen LogP contribution in [0, 0.1) is 10.1 Å². The smallest absolute Gasteiger partial charge is 0.295 e. The second-order valence-corrected chi connectivity index (χ2v) is 8.33. The summed E-state index contributed by atoms with van der Waals surface area (Å²) in [4.78, 5) is 42.2. The maximum Gasteiger partial charge on any atom is 0.295 e. The van der Waals surface area contributed by atoms with Crippen LogP contribution in [0.1, 0.15) is 36.6 Å². The van der Waals surface area contributed by atoms with E-state index < -0.39 is 22.7 Å². The standard InChI is InChI=1S/C26H23N3O6/c1-16(2)35-21-11-7-19(8-12-21)24(30)22-23(18-5-9-20(10-6-18)29(33)34)28(26(32)25(22)31)15-17-4-3-13-27-14-17/h3-14,16,23,30H,15H2,1-2H3/t23-/m0/s1. The van der Waals surface area contributed by atoms with Crippen LogP contribution in [-0.4, -0.2) is 37.7 Å². The maximum absolute atomic E-state index is 13.1. The van der Waals surface area contributed by atoms with E-state index in [0.717, 1.165) is 0 Å². The second-order valence-electron chi connectivity index (χ2n) is 8.33. The lowest BCUT2D eigenvalue weighted by Gasteiger charge is -2.25. The molecule has 178 valence electrons. The first-order valence-electron chi connectivity index (χ1n) is 10.9. The van der Waals surface area contributed by atoms with Gasteiger partial charge in [0.2, 0.25) is 0 Å². The van der Waals surface area contributed by atoms with Crippen molar-refractivity contribution in [2.75, 3.05) is 0 Å². The molecule has 1 N–H and O–H groups in total. The third-order valence-electron chi connectivity index (χ3n) is 5.53. The molecule has 0 saturated carbocycles. The summed E-state index contributed by atoms with van der Waals surface area (Å²) in [5, 5.41) is 22.3. The zero-order chi connectivity index (χ0) is 25.1. The molecule has 35 heavy (non-hydrogen) atoms. The van der Waals surface area contributed by atoms with Gasteiger partial charge < -0.3 is 14.7 Å². The van der Waals surface area contributed by atoms with Crippen molar-refractivity contribution in [3.63, 3.8) is 0 Å². The average Bonchev–Trinajstić information content (AvgIpc) is 3.09.